The molecule has 21 heterocycles. The van der Waals surface area contributed by atoms with Gasteiger partial charge in [0.25, 0.3) is 0 Å². The van der Waals surface area contributed by atoms with Gasteiger partial charge in [-0.05, 0) is 186 Å². The Labute approximate surface area is 895 Å². The molecular weight excluding hydrogens is 2070 g/mol. The zero-order valence-corrected chi connectivity index (χ0v) is 94.7. The third-order valence-corrected chi connectivity index (χ3v) is 37.9. The number of thiophene rings is 4. The number of hydrogen-bond acceptors (Lipinski definition) is 39. The summed E-state index contributed by atoms with van der Waals surface area (Å²) in [5.41, 5.74) is 17.5. The number of ketones is 1. The van der Waals surface area contributed by atoms with Crippen molar-refractivity contribution in [3.63, 3.8) is 0 Å². The molecule has 1 spiro atoms. The number of likely N-dealkylation sites (tertiary alicyclic amines) is 4. The van der Waals surface area contributed by atoms with Gasteiger partial charge in [0, 0.05) is 280 Å². The van der Waals surface area contributed by atoms with Crippen molar-refractivity contribution in [1.82, 2.24) is 84.7 Å². The van der Waals surface area contributed by atoms with Crippen LogP contribution in [0.2, 0.25) is 0 Å². The Morgan fingerprint density at radius 1 is 0.360 bits per heavy atom. The van der Waals surface area contributed by atoms with Crippen molar-refractivity contribution in [1.29, 1.82) is 0 Å². The average molecular weight is 2210 g/mol. The smallest absolute Gasteiger partial charge is 0.226 e. The molecule has 12 aromatic heterocycles. The number of aliphatic hydroxyl groups is 1. The number of nitrogens with zero attached hydrogens (tertiary/aromatic N) is 20. The molecule has 0 atom stereocenters. The van der Waals surface area contributed by atoms with E-state index < -0.39 is 45.5 Å². The lowest BCUT2D eigenvalue weighted by atomic mass is 9.73. The number of carbonyl (C=O) groups is 1. The van der Waals surface area contributed by atoms with Crippen LogP contribution < -0.4 is 43.9 Å². The first-order valence-corrected chi connectivity index (χ1v) is 63.9. The molecule has 9 aliphatic heterocycles. The summed E-state index contributed by atoms with van der Waals surface area (Å²) in [6, 6.07) is 7.38. The van der Waals surface area contributed by atoms with Gasteiger partial charge in [0.05, 0.1) is 121 Å². The quantitative estimate of drug-likeness (QED) is 0.0460. The molecule has 12 aromatic rings. The minimum atomic E-state index is -3.29. The maximum atomic E-state index is 13.8. The van der Waals surface area contributed by atoms with Crippen molar-refractivity contribution in [2.75, 3.05) is 191 Å². The number of fused-ring (bicyclic) bond motifs is 4. The summed E-state index contributed by atoms with van der Waals surface area (Å²) >= 11 is 6.72. The minimum Gasteiger partial charge on any atom is -0.481 e. The third-order valence-electron chi connectivity index (χ3n) is 30.0. The standard InChI is InChI=1S/C28H38N6O3S2.C26H34FN5O3S2.C26H35N5O4S2.C26H33N5O4S2/c1-19-22(15-33-11-7-28(8-12-33)17-29-18-28)24-25(38-19)23(31-27(32-24)34-9-5-4-6-10-34)20-13-21(16-39(3,35)36)26(37-2)30-14-20;1-17-21(15-31-11-7-20(27)8-12-31)23-24(36-17)22(29-26(30-23)32-9-5-4-6-10-32)18-13-19(16-37(3,33)34)25(35-2)28-14-18;2*1-17-21(15-30-11-7-20(32)8-12-30)23-24(36-17)22(28-26(29-23)31-9-5-4-6-10-31)18-13-19(16-37(3,33)34)25(35-2)27-14-18/h13-14,29H,4-12,15-18H2,1-3H3;13-14,20H,4-12,15-16H2,1-3H3;13-14,20,32H,4-12,15-16H2,1-3H3;13-14H,4-12,15-16H2,1-3H3. The summed E-state index contributed by atoms with van der Waals surface area (Å²) < 4.78 is 136. The number of pyridine rings is 4. The highest BCUT2D eigenvalue weighted by molar-refractivity contribution is 7.90. The fraction of sp³-hybridized carbons (Fsp3) is 0.575. The van der Waals surface area contributed by atoms with Crippen LogP contribution in [0.4, 0.5) is 28.2 Å². The van der Waals surface area contributed by atoms with Crippen molar-refractivity contribution in [2.24, 2.45) is 5.41 Å². The van der Waals surface area contributed by atoms with E-state index in [4.69, 9.17) is 58.8 Å². The number of carbonyl (C=O) groups excluding carboxylic acids is 1. The number of rotatable bonds is 28. The highest BCUT2D eigenvalue weighted by Crippen LogP contribution is 2.47. The zero-order chi connectivity index (χ0) is 106. The van der Waals surface area contributed by atoms with Crippen LogP contribution in [0, 0.1) is 33.1 Å². The second kappa shape index (κ2) is 47.7. The van der Waals surface area contributed by atoms with E-state index in [2.05, 4.69) is 92.1 Å². The van der Waals surface area contributed by atoms with Crippen LogP contribution in [-0.2, 0) is 93.3 Å². The van der Waals surface area contributed by atoms with Crippen molar-refractivity contribution in [2.45, 2.75) is 218 Å². The third kappa shape index (κ3) is 26.7. The molecule has 0 bridgehead atoms. The minimum absolute atomic E-state index is 0.134. The highest BCUT2D eigenvalue weighted by Gasteiger charge is 2.41. The number of aryl methyl sites for hydroxylation is 4. The van der Waals surface area contributed by atoms with Crippen LogP contribution in [0.5, 0.6) is 23.5 Å². The van der Waals surface area contributed by atoms with Crippen LogP contribution >= 0.6 is 45.3 Å². The summed E-state index contributed by atoms with van der Waals surface area (Å²) in [7, 11) is -7.12. The molecule has 9 saturated heterocycles. The number of nitrogens with one attached hydrogen (secondary N) is 1. The van der Waals surface area contributed by atoms with Gasteiger partial charge >= 0.3 is 0 Å². The van der Waals surface area contributed by atoms with Gasteiger partial charge in [-0.3, -0.25) is 24.4 Å². The van der Waals surface area contributed by atoms with E-state index in [1.54, 1.807) is 70.1 Å². The van der Waals surface area contributed by atoms with Gasteiger partial charge in [-0.25, -0.2) is 97.9 Å². The van der Waals surface area contributed by atoms with Gasteiger partial charge in [0.15, 0.2) is 39.3 Å². The van der Waals surface area contributed by atoms with Crippen molar-refractivity contribution in [3.8, 4) is 68.5 Å². The number of Topliss-reactive ketones (excluding diaryl/α,β-unsaturated/α-hetero) is 1. The van der Waals surface area contributed by atoms with Gasteiger partial charge in [-0.1, -0.05) is 0 Å². The number of alkyl halides is 1. The molecule has 0 amide bonds. The number of ether oxygens (including phenoxy) is 4. The van der Waals surface area contributed by atoms with E-state index >= 15 is 0 Å². The van der Waals surface area contributed by atoms with Crippen LogP contribution in [0.25, 0.3) is 85.9 Å². The molecule has 21 rings (SSSR count). The van der Waals surface area contributed by atoms with E-state index in [1.807, 2.05) is 24.3 Å². The number of aromatic nitrogens is 12. The number of methoxy groups -OCH3 is 4. The number of aliphatic hydroxyl groups excluding tert-OH is 1. The summed E-state index contributed by atoms with van der Waals surface area (Å²) in [4.78, 5) is 93.7. The monoisotopic (exact) mass is 2210 g/mol. The Morgan fingerprint density at radius 3 is 0.847 bits per heavy atom. The van der Waals surface area contributed by atoms with Crippen LogP contribution in [0.3, 0.4) is 0 Å². The van der Waals surface area contributed by atoms with E-state index in [0.29, 0.717) is 94.6 Å². The Balaban J connectivity index is 0.000000131. The maximum Gasteiger partial charge on any atom is 0.226 e. The molecular formula is C106H140FN21O14S8. The van der Waals surface area contributed by atoms with Crippen LogP contribution in [0.1, 0.15) is 192 Å². The summed E-state index contributed by atoms with van der Waals surface area (Å²) in [5.74, 6) is 3.85. The molecule has 44 heteroatoms. The molecule has 35 nitrogen and oxygen atoms in total. The van der Waals surface area contributed by atoms with Gasteiger partial charge < -0.3 is 49.0 Å². The van der Waals surface area contributed by atoms with Gasteiger partial charge in [-0.15, -0.1) is 45.3 Å². The molecule has 2 N–H and O–H groups in total. The molecule has 0 radical (unpaired) electrons. The maximum absolute atomic E-state index is 13.8. The van der Waals surface area contributed by atoms with Gasteiger partial charge in [0.1, 0.15) is 12.0 Å². The second-order valence-electron chi connectivity index (χ2n) is 41.9. The number of hydrogen-bond donors (Lipinski definition) is 2. The number of sulfone groups is 4. The molecule has 0 unspecified atom stereocenters. The van der Waals surface area contributed by atoms with E-state index in [9.17, 15) is 48.0 Å². The van der Waals surface area contributed by atoms with Crippen molar-refractivity contribution >= 4 is 155 Å². The molecule has 0 aliphatic carbocycles. The molecule has 808 valence electrons. The van der Waals surface area contributed by atoms with Crippen LogP contribution in [0.15, 0.2) is 49.1 Å². The molecule has 150 heavy (non-hydrogen) atoms. The zero-order valence-electron chi connectivity index (χ0n) is 88.1. The molecule has 9 fully saturated rings. The Kier molecular flexibility index (Phi) is 35.0. The summed E-state index contributed by atoms with van der Waals surface area (Å²) in [5, 5.41) is 13.4. The van der Waals surface area contributed by atoms with Crippen LogP contribution in [-0.4, -0.2) is 308 Å². The van der Waals surface area contributed by atoms with E-state index in [0.717, 1.165) is 312 Å². The van der Waals surface area contributed by atoms with Crippen molar-refractivity contribution in [3.05, 3.63) is 113 Å². The Morgan fingerprint density at radius 2 is 0.607 bits per heavy atom. The molecule has 0 saturated carbocycles. The van der Waals surface area contributed by atoms with E-state index in [1.165, 1.54) is 128 Å². The average Bonchev–Trinajstić information content (AvgIpc) is 1.63. The summed E-state index contributed by atoms with van der Waals surface area (Å²) in [6.45, 7) is 28.4. The van der Waals surface area contributed by atoms with Gasteiger partial charge in [-0.2, -0.15) is 0 Å². The van der Waals surface area contributed by atoms with Crippen molar-refractivity contribution < 1.29 is 66.9 Å². The topological polar surface area (TPSA) is 403 Å². The molecule has 9 aliphatic rings. The lowest BCUT2D eigenvalue weighted by Gasteiger charge is -2.48. The largest absolute Gasteiger partial charge is 0.481 e. The Hall–Kier alpha value is -9.68. The lowest BCUT2D eigenvalue weighted by Crippen LogP contribution is -2.58. The summed E-state index contributed by atoms with van der Waals surface area (Å²) in [6.07, 6.45) is 31.0. The first-order valence-electron chi connectivity index (χ1n) is 52.4. The Bertz CT molecular complexity index is 7170. The van der Waals surface area contributed by atoms with E-state index in [-0.39, 0.29) is 29.1 Å². The first kappa shape index (κ1) is 110. The predicted molar refractivity (Wildman–Crippen MR) is 595 cm³/mol. The highest BCUT2D eigenvalue weighted by atomic mass is 32.2. The SMILES string of the molecule is COc1ncc(-c2nc(N3CCCCC3)nc3c(CN4CCC(=O)CC4)c(C)sc23)cc1CS(C)(=O)=O.COc1ncc(-c2nc(N3CCCCC3)nc3c(CN4CCC(F)CC4)c(C)sc23)cc1CS(C)(=O)=O.COc1ncc(-c2nc(N3CCCCC3)nc3c(CN4CCC(O)CC4)c(C)sc23)cc1CS(C)(=O)=O.COc1ncc(-c2nc(N3CCCCC3)nc3c(CN4CCC5(CC4)CNC5)c(C)sc23)cc1CS(C)(=O)=O. The number of halogens is 1. The number of piperidine rings is 8. The first-order chi connectivity index (χ1) is 71.9. The lowest BCUT2D eigenvalue weighted by molar-refractivity contribution is -0.121. The normalized spacial score (nSPS) is 18.4. The predicted octanol–water partition coefficient (Wildman–Crippen LogP) is 15.7. The fourth-order valence-electron chi connectivity index (χ4n) is 21.8. The van der Waals surface area contributed by atoms with Gasteiger partial charge in [0.2, 0.25) is 47.3 Å². The second-order valence-corrected chi connectivity index (χ2v) is 55.4. The molecule has 0 aromatic carbocycles. The number of anilines is 4. The fourth-order valence-corrected chi connectivity index (χ4v) is 29.3.